The van der Waals surface area contributed by atoms with E-state index >= 15 is 0 Å². The molecule has 0 saturated carbocycles. The molecule has 0 fully saturated rings. The lowest BCUT2D eigenvalue weighted by Gasteiger charge is -2.16. The van der Waals surface area contributed by atoms with E-state index in [2.05, 4.69) is 4.98 Å². The summed E-state index contributed by atoms with van der Waals surface area (Å²) in [4.78, 5) is 15.5. The number of aromatic nitrogens is 1. The van der Waals surface area contributed by atoms with Gasteiger partial charge in [0.1, 0.15) is 11.3 Å². The van der Waals surface area contributed by atoms with Gasteiger partial charge in [0, 0.05) is 11.6 Å². The van der Waals surface area contributed by atoms with E-state index in [1.54, 1.807) is 24.4 Å². The summed E-state index contributed by atoms with van der Waals surface area (Å²) < 4.78 is 5.63. The average molecular weight is 294 g/mol. The molecule has 0 aliphatic rings. The molecule has 0 saturated heterocycles. The highest BCUT2D eigenvalue weighted by molar-refractivity contribution is 6.35. The molecule has 0 spiro atoms. The van der Waals surface area contributed by atoms with E-state index in [0.717, 1.165) is 18.2 Å². The summed E-state index contributed by atoms with van der Waals surface area (Å²) in [7, 11) is 0. The van der Waals surface area contributed by atoms with E-state index in [0.29, 0.717) is 22.7 Å². The van der Waals surface area contributed by atoms with Crippen molar-refractivity contribution < 1.29 is 14.6 Å². The minimum absolute atomic E-state index is 0.452. The van der Waals surface area contributed by atoms with Gasteiger partial charge in [-0.25, -0.2) is 4.79 Å². The van der Waals surface area contributed by atoms with Crippen molar-refractivity contribution in [3.05, 3.63) is 35.5 Å². The number of fused-ring (bicyclic) bond motifs is 1. The number of rotatable bonds is 6. The fraction of sp³-hybridized carbons (Fsp3) is 0.333. The first-order valence-electron chi connectivity index (χ1n) is 6.56. The Labute approximate surface area is 122 Å². The summed E-state index contributed by atoms with van der Waals surface area (Å²) in [5.41, 5.74) is 0.586. The van der Waals surface area contributed by atoms with Gasteiger partial charge >= 0.3 is 5.97 Å². The lowest BCUT2D eigenvalue weighted by molar-refractivity contribution is -0.145. The molecule has 0 radical (unpaired) electrons. The Morgan fingerprint density at radius 2 is 2.25 bits per heavy atom. The zero-order valence-corrected chi connectivity index (χ0v) is 11.9. The molecule has 0 aliphatic heterocycles. The molecule has 1 N–H and O–H groups in total. The van der Waals surface area contributed by atoms with Crippen LogP contribution in [-0.4, -0.2) is 22.2 Å². The Hall–Kier alpha value is -1.81. The van der Waals surface area contributed by atoms with Crippen molar-refractivity contribution in [2.24, 2.45) is 0 Å². The van der Waals surface area contributed by atoms with Gasteiger partial charge in [0.25, 0.3) is 0 Å². The smallest absolute Gasteiger partial charge is 0.344 e. The molecule has 1 aromatic heterocycles. The molecule has 20 heavy (non-hydrogen) atoms. The molecule has 4 nitrogen and oxygen atoms in total. The number of hydrogen-bond acceptors (Lipinski definition) is 3. The third-order valence-electron chi connectivity index (χ3n) is 3.04. The highest BCUT2D eigenvalue weighted by atomic mass is 35.5. The first-order chi connectivity index (χ1) is 9.63. The number of halogens is 1. The van der Waals surface area contributed by atoms with Crippen LogP contribution in [-0.2, 0) is 4.79 Å². The minimum Gasteiger partial charge on any atom is -0.479 e. The Kier molecular flexibility index (Phi) is 4.79. The monoisotopic (exact) mass is 293 g/mol. The van der Waals surface area contributed by atoms with E-state index in [9.17, 15) is 9.90 Å². The maximum absolute atomic E-state index is 11.2. The molecule has 2 rings (SSSR count). The Balaban J connectivity index is 2.32. The topological polar surface area (TPSA) is 59.4 Å². The summed E-state index contributed by atoms with van der Waals surface area (Å²) in [6.45, 7) is 2.01. The van der Waals surface area contributed by atoms with E-state index in [4.69, 9.17) is 16.3 Å². The molecule has 0 aliphatic carbocycles. The average Bonchev–Trinajstić information content (AvgIpc) is 2.45. The van der Waals surface area contributed by atoms with Gasteiger partial charge < -0.3 is 9.84 Å². The van der Waals surface area contributed by atoms with E-state index < -0.39 is 12.1 Å². The van der Waals surface area contributed by atoms with Gasteiger partial charge in [-0.1, -0.05) is 24.9 Å². The summed E-state index contributed by atoms with van der Waals surface area (Å²) in [5, 5.41) is 10.5. The van der Waals surface area contributed by atoms with Gasteiger partial charge in [0.05, 0.1) is 5.02 Å². The maximum atomic E-state index is 11.2. The second-order valence-electron chi connectivity index (χ2n) is 4.53. The van der Waals surface area contributed by atoms with Crippen LogP contribution in [0.25, 0.3) is 10.9 Å². The van der Waals surface area contributed by atoms with Crippen LogP contribution in [0.4, 0.5) is 0 Å². The second kappa shape index (κ2) is 6.57. The Morgan fingerprint density at radius 3 is 2.95 bits per heavy atom. The van der Waals surface area contributed by atoms with E-state index in [1.165, 1.54) is 0 Å². The number of pyridine rings is 1. The highest BCUT2D eigenvalue weighted by Gasteiger charge is 2.20. The largest absolute Gasteiger partial charge is 0.479 e. The number of aliphatic carboxylic acids is 1. The number of carboxylic acid groups (broad SMARTS) is 1. The van der Waals surface area contributed by atoms with Crippen molar-refractivity contribution >= 4 is 28.5 Å². The summed E-state index contributed by atoms with van der Waals surface area (Å²) in [6, 6.07) is 6.97. The van der Waals surface area contributed by atoms with Gasteiger partial charge in [-0.2, -0.15) is 0 Å². The predicted molar refractivity (Wildman–Crippen MR) is 78.3 cm³/mol. The predicted octanol–water partition coefficient (Wildman–Crippen LogP) is 3.91. The van der Waals surface area contributed by atoms with Crippen LogP contribution < -0.4 is 4.74 Å². The zero-order chi connectivity index (χ0) is 14.5. The van der Waals surface area contributed by atoms with Crippen molar-refractivity contribution in [3.63, 3.8) is 0 Å². The second-order valence-corrected chi connectivity index (χ2v) is 4.94. The molecule has 1 atom stereocenters. The van der Waals surface area contributed by atoms with Crippen LogP contribution in [0.5, 0.6) is 5.75 Å². The van der Waals surface area contributed by atoms with Crippen molar-refractivity contribution in [1.82, 2.24) is 4.98 Å². The molecular weight excluding hydrogens is 278 g/mol. The number of ether oxygens (including phenoxy) is 1. The summed E-state index contributed by atoms with van der Waals surface area (Å²) >= 11 is 6.10. The Bertz CT molecular complexity index is 615. The van der Waals surface area contributed by atoms with Crippen LogP contribution in [0.15, 0.2) is 30.5 Å². The normalized spacial score (nSPS) is 12.3. The molecule has 106 valence electrons. The molecular formula is C15H16ClNO3. The maximum Gasteiger partial charge on any atom is 0.344 e. The highest BCUT2D eigenvalue weighted by Crippen LogP contribution is 2.30. The minimum atomic E-state index is -0.961. The summed E-state index contributed by atoms with van der Waals surface area (Å²) in [5.74, 6) is -0.508. The Morgan fingerprint density at radius 1 is 1.45 bits per heavy atom. The van der Waals surface area contributed by atoms with Crippen molar-refractivity contribution in [2.75, 3.05) is 0 Å². The number of hydrogen-bond donors (Lipinski definition) is 1. The molecule has 5 heteroatoms. The van der Waals surface area contributed by atoms with E-state index in [1.807, 2.05) is 13.0 Å². The van der Waals surface area contributed by atoms with Gasteiger partial charge in [-0.15, -0.1) is 0 Å². The zero-order valence-electron chi connectivity index (χ0n) is 11.2. The lowest BCUT2D eigenvalue weighted by atomic mass is 10.1. The third kappa shape index (κ3) is 3.20. The fourth-order valence-corrected chi connectivity index (χ4v) is 2.20. The van der Waals surface area contributed by atoms with Gasteiger partial charge in [0.2, 0.25) is 0 Å². The molecule has 0 amide bonds. The SMILES string of the molecule is CCCCC(Oc1ccc(Cl)c2cccnc12)C(=O)O. The van der Waals surface area contributed by atoms with Gasteiger partial charge in [-0.3, -0.25) is 4.98 Å². The van der Waals surface area contributed by atoms with Crippen LogP contribution in [0, 0.1) is 0 Å². The van der Waals surface area contributed by atoms with Crippen LogP contribution in [0.1, 0.15) is 26.2 Å². The molecule has 1 unspecified atom stereocenters. The number of benzene rings is 1. The molecule has 1 aromatic carbocycles. The first-order valence-corrected chi connectivity index (χ1v) is 6.94. The first kappa shape index (κ1) is 14.6. The number of carboxylic acids is 1. The van der Waals surface area contributed by atoms with Crippen LogP contribution in [0.3, 0.4) is 0 Å². The molecule has 1 heterocycles. The number of carbonyl (C=O) groups is 1. The van der Waals surface area contributed by atoms with Crippen molar-refractivity contribution in [1.29, 1.82) is 0 Å². The van der Waals surface area contributed by atoms with E-state index in [-0.39, 0.29) is 0 Å². The fourth-order valence-electron chi connectivity index (χ4n) is 1.98. The number of unbranched alkanes of at least 4 members (excludes halogenated alkanes) is 1. The van der Waals surface area contributed by atoms with Crippen LogP contribution in [0.2, 0.25) is 5.02 Å². The van der Waals surface area contributed by atoms with Gasteiger partial charge in [0.15, 0.2) is 6.10 Å². The lowest BCUT2D eigenvalue weighted by Crippen LogP contribution is -2.27. The molecule has 2 aromatic rings. The van der Waals surface area contributed by atoms with Crippen LogP contribution >= 0.6 is 11.6 Å². The quantitative estimate of drug-likeness (QED) is 0.877. The summed E-state index contributed by atoms with van der Waals surface area (Å²) in [6.07, 6.45) is 2.97. The standard InChI is InChI=1S/C15H16ClNO3/c1-2-3-6-13(15(18)19)20-12-8-7-11(16)10-5-4-9-17-14(10)12/h4-5,7-9,13H,2-3,6H2,1H3,(H,18,19). The molecule has 0 bridgehead atoms. The number of nitrogens with zero attached hydrogens (tertiary/aromatic N) is 1. The van der Waals surface area contributed by atoms with Crippen molar-refractivity contribution in [3.8, 4) is 5.75 Å². The van der Waals surface area contributed by atoms with Gasteiger partial charge in [-0.05, 0) is 37.1 Å². The van der Waals surface area contributed by atoms with Crippen molar-refractivity contribution in [2.45, 2.75) is 32.3 Å². The third-order valence-corrected chi connectivity index (χ3v) is 3.37.